The van der Waals surface area contributed by atoms with Gasteiger partial charge < -0.3 is 4.98 Å². The third kappa shape index (κ3) is 1.53. The number of H-pyrrole nitrogens is 1. The number of aliphatic imine (C=N–C) groups is 1. The van der Waals surface area contributed by atoms with Crippen molar-refractivity contribution in [3.05, 3.63) is 18.2 Å². The summed E-state index contributed by atoms with van der Waals surface area (Å²) >= 11 is 0. The summed E-state index contributed by atoms with van der Waals surface area (Å²) in [6.07, 6.45) is 4.72. The maximum absolute atomic E-state index is 9.99. The van der Waals surface area contributed by atoms with Gasteiger partial charge in [-0.25, -0.2) is 9.78 Å². The Morgan fingerprint density at radius 3 is 2.91 bits per heavy atom. The summed E-state index contributed by atoms with van der Waals surface area (Å²) in [5.41, 5.74) is 0.263. The van der Waals surface area contributed by atoms with E-state index in [1.807, 2.05) is 13.8 Å². The molecule has 4 nitrogen and oxygen atoms in total. The molecule has 58 valence electrons. The van der Waals surface area contributed by atoms with E-state index in [9.17, 15) is 4.79 Å². The standard InChI is InChI=1S/C7H9N3O/c1-7(2,10-5-11)6-3-8-4-9-6/h3-4H,1-2H3,(H,8,9). The fourth-order valence-electron chi connectivity index (χ4n) is 0.765. The molecule has 0 spiro atoms. The summed E-state index contributed by atoms with van der Waals surface area (Å²) in [7, 11) is 0. The predicted molar refractivity (Wildman–Crippen MR) is 39.7 cm³/mol. The van der Waals surface area contributed by atoms with E-state index in [-0.39, 0.29) is 0 Å². The molecule has 11 heavy (non-hydrogen) atoms. The normalized spacial score (nSPS) is 10.7. The van der Waals surface area contributed by atoms with Crippen LogP contribution in [-0.4, -0.2) is 16.0 Å². The van der Waals surface area contributed by atoms with Crippen LogP contribution >= 0.6 is 0 Å². The van der Waals surface area contributed by atoms with Crippen molar-refractivity contribution in [2.75, 3.05) is 0 Å². The highest BCUT2D eigenvalue weighted by Gasteiger charge is 2.20. The topological polar surface area (TPSA) is 58.1 Å². The number of isocyanates is 1. The summed E-state index contributed by atoms with van der Waals surface area (Å²) in [6, 6.07) is 0. The van der Waals surface area contributed by atoms with Crippen LogP contribution in [0.1, 0.15) is 19.5 Å². The van der Waals surface area contributed by atoms with Gasteiger partial charge in [0.05, 0.1) is 18.2 Å². The highest BCUT2D eigenvalue weighted by Crippen LogP contribution is 2.20. The molecule has 4 heteroatoms. The van der Waals surface area contributed by atoms with Crippen molar-refractivity contribution >= 4 is 6.08 Å². The molecular formula is C7H9N3O. The molecule has 0 unspecified atom stereocenters. The summed E-state index contributed by atoms with van der Waals surface area (Å²) in [5.74, 6) is 0. The van der Waals surface area contributed by atoms with E-state index in [1.54, 1.807) is 12.5 Å². The lowest BCUT2D eigenvalue weighted by Gasteiger charge is -2.13. The molecule has 0 bridgehead atoms. The molecule has 0 aliphatic rings. The Morgan fingerprint density at radius 2 is 2.45 bits per heavy atom. The van der Waals surface area contributed by atoms with Crippen molar-refractivity contribution in [2.24, 2.45) is 4.99 Å². The second-order valence-corrected chi connectivity index (χ2v) is 2.73. The first-order valence-electron chi connectivity index (χ1n) is 3.25. The van der Waals surface area contributed by atoms with Crippen molar-refractivity contribution in [1.82, 2.24) is 9.97 Å². The van der Waals surface area contributed by atoms with E-state index < -0.39 is 5.54 Å². The van der Waals surface area contributed by atoms with Gasteiger partial charge in [-0.15, -0.1) is 0 Å². The Morgan fingerprint density at radius 1 is 1.73 bits per heavy atom. The number of imidazole rings is 1. The van der Waals surface area contributed by atoms with Gasteiger partial charge in [-0.1, -0.05) is 0 Å². The molecule has 0 atom stereocenters. The Kier molecular flexibility index (Phi) is 1.87. The minimum absolute atomic E-state index is 0.543. The van der Waals surface area contributed by atoms with Crippen LogP contribution in [0, 0.1) is 0 Å². The highest BCUT2D eigenvalue weighted by molar-refractivity contribution is 5.35. The lowest BCUT2D eigenvalue weighted by Crippen LogP contribution is -2.13. The van der Waals surface area contributed by atoms with Gasteiger partial charge in [-0.3, -0.25) is 0 Å². The van der Waals surface area contributed by atoms with Crippen LogP contribution in [0.5, 0.6) is 0 Å². The molecule has 0 amide bonds. The Balaban J connectivity index is 2.99. The van der Waals surface area contributed by atoms with Crippen molar-refractivity contribution < 1.29 is 4.79 Å². The quantitative estimate of drug-likeness (QED) is 0.506. The number of carbonyl (C=O) groups excluding carboxylic acids is 1. The first-order valence-corrected chi connectivity index (χ1v) is 3.25. The van der Waals surface area contributed by atoms with E-state index in [0.29, 0.717) is 0 Å². The Labute approximate surface area is 64.4 Å². The first kappa shape index (κ1) is 7.69. The van der Waals surface area contributed by atoms with E-state index in [0.717, 1.165) is 5.69 Å². The van der Waals surface area contributed by atoms with Crippen LogP contribution in [0.2, 0.25) is 0 Å². The van der Waals surface area contributed by atoms with Crippen LogP contribution in [0.4, 0.5) is 0 Å². The largest absolute Gasteiger partial charge is 0.346 e. The monoisotopic (exact) mass is 151 g/mol. The number of nitrogens with zero attached hydrogens (tertiary/aromatic N) is 2. The minimum Gasteiger partial charge on any atom is -0.346 e. The molecule has 0 aromatic carbocycles. The van der Waals surface area contributed by atoms with Crippen LogP contribution in [0.3, 0.4) is 0 Å². The van der Waals surface area contributed by atoms with Crippen LogP contribution in [-0.2, 0) is 10.3 Å². The van der Waals surface area contributed by atoms with Gasteiger partial charge in [0.2, 0.25) is 6.08 Å². The third-order valence-corrected chi connectivity index (χ3v) is 1.48. The van der Waals surface area contributed by atoms with E-state index in [1.165, 1.54) is 6.08 Å². The van der Waals surface area contributed by atoms with Gasteiger partial charge in [0.25, 0.3) is 0 Å². The molecule has 1 N–H and O–H groups in total. The molecule has 0 saturated carbocycles. The molecule has 0 radical (unpaired) electrons. The molecule has 1 rings (SSSR count). The van der Waals surface area contributed by atoms with Gasteiger partial charge in [0.15, 0.2) is 0 Å². The fourth-order valence-corrected chi connectivity index (χ4v) is 0.765. The van der Waals surface area contributed by atoms with Gasteiger partial charge in [-0.2, -0.15) is 4.99 Å². The zero-order valence-electron chi connectivity index (χ0n) is 6.46. The minimum atomic E-state index is -0.543. The highest BCUT2D eigenvalue weighted by atomic mass is 16.1. The zero-order valence-corrected chi connectivity index (χ0v) is 6.46. The number of rotatable bonds is 2. The van der Waals surface area contributed by atoms with Gasteiger partial charge in [-0.05, 0) is 13.8 Å². The second-order valence-electron chi connectivity index (χ2n) is 2.73. The third-order valence-electron chi connectivity index (χ3n) is 1.48. The molecule has 0 aliphatic heterocycles. The summed E-state index contributed by atoms with van der Waals surface area (Å²) < 4.78 is 0. The Bertz CT molecular complexity index is 270. The summed E-state index contributed by atoms with van der Waals surface area (Å²) in [5, 5.41) is 0. The molecular weight excluding hydrogens is 142 g/mol. The van der Waals surface area contributed by atoms with Crippen LogP contribution in [0.25, 0.3) is 0 Å². The fraction of sp³-hybridized carbons (Fsp3) is 0.429. The van der Waals surface area contributed by atoms with Crippen molar-refractivity contribution in [3.8, 4) is 0 Å². The molecule has 0 saturated heterocycles. The molecule has 1 aromatic heterocycles. The molecule has 0 fully saturated rings. The Hall–Kier alpha value is -1.41. The summed E-state index contributed by atoms with van der Waals surface area (Å²) in [6.45, 7) is 3.62. The lowest BCUT2D eigenvalue weighted by molar-refractivity contribution is 0.514. The maximum atomic E-state index is 9.99. The van der Waals surface area contributed by atoms with Gasteiger partial charge in [0, 0.05) is 0 Å². The average molecular weight is 151 g/mol. The molecule has 0 aliphatic carbocycles. The van der Waals surface area contributed by atoms with E-state index in [2.05, 4.69) is 15.0 Å². The lowest BCUT2D eigenvalue weighted by atomic mass is 10.0. The van der Waals surface area contributed by atoms with Crippen molar-refractivity contribution in [3.63, 3.8) is 0 Å². The smallest absolute Gasteiger partial charge is 0.235 e. The number of aromatic amines is 1. The average Bonchev–Trinajstić information content (AvgIpc) is 2.37. The number of nitrogens with one attached hydrogen (secondary N) is 1. The second kappa shape index (κ2) is 2.68. The van der Waals surface area contributed by atoms with Crippen molar-refractivity contribution in [2.45, 2.75) is 19.4 Å². The van der Waals surface area contributed by atoms with E-state index in [4.69, 9.17) is 0 Å². The number of hydrogen-bond acceptors (Lipinski definition) is 3. The van der Waals surface area contributed by atoms with E-state index >= 15 is 0 Å². The summed E-state index contributed by atoms with van der Waals surface area (Å²) in [4.78, 5) is 20.3. The first-order chi connectivity index (χ1) is 5.17. The zero-order chi connectivity index (χ0) is 8.32. The molecule has 1 aromatic rings. The van der Waals surface area contributed by atoms with Crippen LogP contribution < -0.4 is 0 Å². The molecule has 1 heterocycles. The SMILES string of the molecule is CC(C)(N=C=O)c1cnc[nH]1. The van der Waals surface area contributed by atoms with Gasteiger partial charge in [0.1, 0.15) is 5.54 Å². The maximum Gasteiger partial charge on any atom is 0.235 e. The van der Waals surface area contributed by atoms with Gasteiger partial charge >= 0.3 is 0 Å². The number of hydrogen-bond donors (Lipinski definition) is 1. The predicted octanol–water partition coefficient (Wildman–Crippen LogP) is 0.981. The van der Waals surface area contributed by atoms with Crippen LogP contribution in [0.15, 0.2) is 17.5 Å². The van der Waals surface area contributed by atoms with Crippen molar-refractivity contribution in [1.29, 1.82) is 0 Å². The number of aromatic nitrogens is 2.